The third-order valence-electron chi connectivity index (χ3n) is 4.44. The molecular weight excluding hydrogens is 396 g/mol. The van der Waals surface area contributed by atoms with Crippen LogP contribution >= 0.6 is 0 Å². The minimum atomic E-state index is -0.475. The Kier molecular flexibility index (Phi) is 7.05. The van der Waals surface area contributed by atoms with Gasteiger partial charge in [-0.2, -0.15) is 0 Å². The van der Waals surface area contributed by atoms with Crippen molar-refractivity contribution in [3.8, 4) is 5.75 Å². The number of hydrogen-bond acceptors (Lipinski definition) is 6. The van der Waals surface area contributed by atoms with Crippen molar-refractivity contribution in [2.45, 2.75) is 6.92 Å². The Morgan fingerprint density at radius 1 is 1.00 bits per heavy atom. The minimum Gasteiger partial charge on any atom is -0.494 e. The summed E-state index contributed by atoms with van der Waals surface area (Å²) in [5.74, 6) is 0.898. The maximum Gasteiger partial charge on any atom is 0.413 e. The molecule has 0 aliphatic carbocycles. The summed E-state index contributed by atoms with van der Waals surface area (Å²) in [5.41, 5.74) is 2.41. The summed E-state index contributed by atoms with van der Waals surface area (Å²) < 4.78 is 10.1. The number of nitrogens with zero attached hydrogens (tertiary/aromatic N) is 2. The highest BCUT2D eigenvalue weighted by molar-refractivity contribution is 6.07. The van der Waals surface area contributed by atoms with E-state index < -0.39 is 6.09 Å². The van der Waals surface area contributed by atoms with Crippen LogP contribution in [0, 0.1) is 0 Å². The fraction of sp³-hybridized carbons (Fsp3) is 0.174. The zero-order valence-electron chi connectivity index (χ0n) is 17.6. The topological polar surface area (TPSA) is 92.8 Å². The molecule has 0 aliphatic heterocycles. The maximum atomic E-state index is 12.8. The lowest BCUT2D eigenvalue weighted by molar-refractivity contribution is 0.102. The molecule has 2 N–H and O–H groups in total. The summed E-state index contributed by atoms with van der Waals surface area (Å²) in [6, 6.07) is 17.7. The van der Waals surface area contributed by atoms with E-state index in [-0.39, 0.29) is 5.91 Å². The smallest absolute Gasteiger partial charge is 0.413 e. The van der Waals surface area contributed by atoms with Gasteiger partial charge >= 0.3 is 6.09 Å². The quantitative estimate of drug-likeness (QED) is 0.577. The molecule has 0 spiro atoms. The van der Waals surface area contributed by atoms with Gasteiger partial charge in [-0.3, -0.25) is 9.69 Å². The lowest BCUT2D eigenvalue weighted by Gasteiger charge is -2.16. The van der Waals surface area contributed by atoms with E-state index in [0.29, 0.717) is 29.4 Å². The van der Waals surface area contributed by atoms with Gasteiger partial charge in [0.25, 0.3) is 5.91 Å². The molecule has 2 amide bonds. The first-order valence-electron chi connectivity index (χ1n) is 9.69. The normalized spacial score (nSPS) is 10.2. The van der Waals surface area contributed by atoms with Crippen molar-refractivity contribution in [2.75, 3.05) is 36.3 Å². The number of hydrogen-bond donors (Lipinski definition) is 2. The fourth-order valence-electron chi connectivity index (χ4n) is 2.84. The van der Waals surface area contributed by atoms with E-state index in [1.54, 1.807) is 49.6 Å². The molecule has 8 heteroatoms. The van der Waals surface area contributed by atoms with E-state index in [0.717, 1.165) is 11.4 Å². The largest absolute Gasteiger partial charge is 0.494 e. The summed E-state index contributed by atoms with van der Waals surface area (Å²) in [4.78, 5) is 30.1. The molecule has 2 aromatic carbocycles. The lowest BCUT2D eigenvalue weighted by Crippen LogP contribution is -2.25. The van der Waals surface area contributed by atoms with Crippen molar-refractivity contribution in [2.24, 2.45) is 0 Å². The number of carbonyl (C=O) groups is 2. The van der Waals surface area contributed by atoms with Crippen LogP contribution in [0.15, 0.2) is 66.9 Å². The van der Waals surface area contributed by atoms with Crippen LogP contribution in [0.5, 0.6) is 5.75 Å². The Bertz CT molecular complexity index is 1040. The van der Waals surface area contributed by atoms with Crippen LogP contribution in [0.4, 0.5) is 27.7 Å². The average molecular weight is 420 g/mol. The molecule has 0 aliphatic rings. The third kappa shape index (κ3) is 5.51. The van der Waals surface area contributed by atoms with Crippen molar-refractivity contribution < 1.29 is 19.1 Å². The first-order valence-corrected chi connectivity index (χ1v) is 9.69. The van der Waals surface area contributed by atoms with E-state index in [4.69, 9.17) is 9.47 Å². The summed E-state index contributed by atoms with van der Waals surface area (Å²) >= 11 is 0. The van der Waals surface area contributed by atoms with Crippen LogP contribution < -0.4 is 20.3 Å². The molecule has 0 fully saturated rings. The molecule has 0 unspecified atom stereocenters. The predicted octanol–water partition coefficient (Wildman–Crippen LogP) is 4.68. The number of aromatic nitrogens is 1. The van der Waals surface area contributed by atoms with Crippen LogP contribution in [0.25, 0.3) is 0 Å². The number of pyridine rings is 1. The Hall–Kier alpha value is -4.07. The van der Waals surface area contributed by atoms with Crippen LogP contribution in [0.2, 0.25) is 0 Å². The molecule has 0 atom stereocenters. The Morgan fingerprint density at radius 3 is 2.32 bits per heavy atom. The highest BCUT2D eigenvalue weighted by Gasteiger charge is 2.14. The van der Waals surface area contributed by atoms with Gasteiger partial charge in [-0.1, -0.05) is 0 Å². The number of amides is 2. The molecule has 160 valence electrons. The van der Waals surface area contributed by atoms with E-state index in [2.05, 4.69) is 15.6 Å². The van der Waals surface area contributed by atoms with Crippen LogP contribution in [0.3, 0.4) is 0 Å². The Balaban J connectivity index is 1.72. The van der Waals surface area contributed by atoms with Crippen molar-refractivity contribution in [1.29, 1.82) is 0 Å². The molecular formula is C23H24N4O4. The lowest BCUT2D eigenvalue weighted by atomic mass is 10.2. The van der Waals surface area contributed by atoms with Crippen molar-refractivity contribution in [3.05, 3.63) is 72.4 Å². The number of rotatable bonds is 7. The number of benzene rings is 2. The monoisotopic (exact) mass is 420 g/mol. The second-order valence-corrected chi connectivity index (χ2v) is 6.51. The van der Waals surface area contributed by atoms with Gasteiger partial charge in [0.2, 0.25) is 0 Å². The van der Waals surface area contributed by atoms with Crippen molar-refractivity contribution in [1.82, 2.24) is 4.98 Å². The Labute approximate surface area is 180 Å². The van der Waals surface area contributed by atoms with Gasteiger partial charge in [-0.15, -0.1) is 0 Å². The number of ether oxygens (including phenoxy) is 2. The summed E-state index contributed by atoms with van der Waals surface area (Å²) in [6.07, 6.45) is 1.14. The van der Waals surface area contributed by atoms with Gasteiger partial charge in [0.1, 0.15) is 11.6 Å². The molecule has 31 heavy (non-hydrogen) atoms. The average Bonchev–Trinajstić information content (AvgIpc) is 2.80. The minimum absolute atomic E-state index is 0.310. The first-order chi connectivity index (χ1) is 15.0. The summed E-state index contributed by atoms with van der Waals surface area (Å²) in [5, 5.41) is 6.01. The second-order valence-electron chi connectivity index (χ2n) is 6.51. The SMILES string of the molecule is CCOc1ccc(Nc2ncccc2C(=O)Nc2ccc(N(C)C(=O)OC)cc2)cc1. The molecule has 0 saturated heterocycles. The van der Waals surface area contributed by atoms with Crippen molar-refractivity contribution in [3.63, 3.8) is 0 Å². The van der Waals surface area contributed by atoms with Gasteiger partial charge in [0, 0.05) is 30.3 Å². The van der Waals surface area contributed by atoms with Crippen LogP contribution in [-0.4, -0.2) is 37.7 Å². The van der Waals surface area contributed by atoms with E-state index in [9.17, 15) is 9.59 Å². The summed E-state index contributed by atoms with van der Waals surface area (Å²) in [7, 11) is 2.92. The molecule has 1 heterocycles. The molecule has 0 radical (unpaired) electrons. The maximum absolute atomic E-state index is 12.8. The second kappa shape index (κ2) is 10.1. The van der Waals surface area contributed by atoms with Gasteiger partial charge in [0.15, 0.2) is 0 Å². The van der Waals surface area contributed by atoms with Gasteiger partial charge < -0.3 is 20.1 Å². The van der Waals surface area contributed by atoms with Gasteiger partial charge in [0.05, 0.1) is 19.3 Å². The third-order valence-corrected chi connectivity index (χ3v) is 4.44. The number of nitrogens with one attached hydrogen (secondary N) is 2. The predicted molar refractivity (Wildman–Crippen MR) is 120 cm³/mol. The Morgan fingerprint density at radius 2 is 1.68 bits per heavy atom. The molecule has 8 nitrogen and oxygen atoms in total. The van der Waals surface area contributed by atoms with Gasteiger partial charge in [-0.25, -0.2) is 9.78 Å². The zero-order valence-corrected chi connectivity index (χ0v) is 17.6. The zero-order chi connectivity index (χ0) is 22.2. The number of anilines is 4. The standard InChI is InChI=1S/C23H24N4O4/c1-4-31-19-13-9-16(10-14-19)25-21-20(6-5-15-24-21)22(28)26-17-7-11-18(12-8-17)27(2)23(29)30-3/h5-15H,4H2,1-3H3,(H,24,25)(H,26,28). The molecule has 0 saturated carbocycles. The first kappa shape index (κ1) is 21.6. The summed E-state index contributed by atoms with van der Waals surface area (Å²) in [6.45, 7) is 2.52. The molecule has 0 bridgehead atoms. The van der Waals surface area contributed by atoms with E-state index >= 15 is 0 Å². The van der Waals surface area contributed by atoms with Gasteiger partial charge in [-0.05, 0) is 67.6 Å². The molecule has 1 aromatic heterocycles. The van der Waals surface area contributed by atoms with Crippen LogP contribution in [-0.2, 0) is 4.74 Å². The van der Waals surface area contributed by atoms with Crippen molar-refractivity contribution >= 4 is 34.9 Å². The molecule has 3 aromatic rings. The van der Waals surface area contributed by atoms with Crippen LogP contribution in [0.1, 0.15) is 17.3 Å². The highest BCUT2D eigenvalue weighted by atomic mass is 16.5. The van der Waals surface area contributed by atoms with E-state index in [1.165, 1.54) is 12.0 Å². The fourth-order valence-corrected chi connectivity index (χ4v) is 2.84. The molecule has 3 rings (SSSR count). The highest BCUT2D eigenvalue weighted by Crippen LogP contribution is 2.23. The number of carbonyl (C=O) groups excluding carboxylic acids is 2. The number of methoxy groups -OCH3 is 1. The van der Waals surface area contributed by atoms with E-state index in [1.807, 2.05) is 31.2 Å².